The maximum Gasteiger partial charge on any atom is 0.137 e. The zero-order chi connectivity index (χ0) is 10.8. The lowest BCUT2D eigenvalue weighted by molar-refractivity contribution is 0.458. The van der Waals surface area contributed by atoms with Gasteiger partial charge in [-0.05, 0) is 59.4 Å². The maximum atomic E-state index is 13.3. The van der Waals surface area contributed by atoms with Gasteiger partial charge in [-0.25, -0.2) is 4.39 Å². The highest BCUT2D eigenvalue weighted by Crippen LogP contribution is 2.27. The maximum absolute atomic E-state index is 13.3. The Balaban J connectivity index is 2.16. The number of phenols is 1. The molecule has 0 amide bonds. The topological polar surface area (TPSA) is 32.3 Å². The first-order valence-corrected chi connectivity index (χ1v) is 5.86. The smallest absolute Gasteiger partial charge is 0.137 e. The third kappa shape index (κ3) is 2.49. The molecule has 1 aliphatic rings. The highest BCUT2D eigenvalue weighted by molar-refractivity contribution is 9.10. The van der Waals surface area contributed by atoms with Crippen LogP contribution in [0.1, 0.15) is 18.4 Å². The normalized spacial score (nSPS) is 20.8. The molecule has 1 saturated heterocycles. The van der Waals surface area contributed by atoms with E-state index in [4.69, 9.17) is 0 Å². The summed E-state index contributed by atoms with van der Waals surface area (Å²) in [5, 5.41) is 13.0. The summed E-state index contributed by atoms with van der Waals surface area (Å²) in [5.41, 5.74) is 0.676. The summed E-state index contributed by atoms with van der Waals surface area (Å²) < 4.78 is 13.6. The summed E-state index contributed by atoms with van der Waals surface area (Å²) in [6, 6.07) is 3.19. The molecule has 1 fully saturated rings. The molecule has 1 aliphatic heterocycles. The predicted octanol–water partition coefficient (Wildman–Crippen LogP) is 2.59. The highest BCUT2D eigenvalue weighted by atomic mass is 79.9. The molecule has 1 unspecified atom stereocenters. The van der Waals surface area contributed by atoms with Gasteiger partial charge in [0.1, 0.15) is 11.6 Å². The molecule has 0 spiro atoms. The summed E-state index contributed by atoms with van der Waals surface area (Å²) >= 11 is 3.04. The van der Waals surface area contributed by atoms with Crippen LogP contribution in [0, 0.1) is 5.82 Å². The molecule has 0 aliphatic carbocycles. The van der Waals surface area contributed by atoms with Gasteiger partial charge in [0.25, 0.3) is 0 Å². The Morgan fingerprint density at radius 3 is 3.00 bits per heavy atom. The van der Waals surface area contributed by atoms with Crippen LogP contribution in [0.25, 0.3) is 0 Å². The van der Waals surface area contributed by atoms with E-state index in [1.165, 1.54) is 12.1 Å². The molecule has 1 aromatic carbocycles. The van der Waals surface area contributed by atoms with E-state index in [0.29, 0.717) is 22.5 Å². The Labute approximate surface area is 96.6 Å². The summed E-state index contributed by atoms with van der Waals surface area (Å²) in [6.07, 6.45) is 2.94. The fraction of sp³-hybridized carbons (Fsp3) is 0.455. The first kappa shape index (κ1) is 10.9. The van der Waals surface area contributed by atoms with Gasteiger partial charge in [0.05, 0.1) is 4.47 Å². The van der Waals surface area contributed by atoms with Crippen LogP contribution < -0.4 is 5.32 Å². The zero-order valence-corrected chi connectivity index (χ0v) is 9.85. The van der Waals surface area contributed by atoms with E-state index in [-0.39, 0.29) is 11.6 Å². The summed E-state index contributed by atoms with van der Waals surface area (Å²) in [7, 11) is 0. The van der Waals surface area contributed by atoms with Crippen LogP contribution in [0.2, 0.25) is 0 Å². The van der Waals surface area contributed by atoms with Crippen LogP contribution in [0.4, 0.5) is 4.39 Å². The van der Waals surface area contributed by atoms with E-state index >= 15 is 0 Å². The van der Waals surface area contributed by atoms with Gasteiger partial charge in [0.15, 0.2) is 0 Å². The van der Waals surface area contributed by atoms with Gasteiger partial charge in [0, 0.05) is 6.04 Å². The van der Waals surface area contributed by atoms with Crippen molar-refractivity contribution in [1.82, 2.24) is 5.32 Å². The molecule has 2 N–H and O–H groups in total. The second-order valence-corrected chi connectivity index (χ2v) is 4.75. The van der Waals surface area contributed by atoms with Crippen molar-refractivity contribution in [2.24, 2.45) is 0 Å². The first-order chi connectivity index (χ1) is 7.16. The Hall–Kier alpha value is -0.610. The van der Waals surface area contributed by atoms with Crippen molar-refractivity contribution in [3.8, 4) is 5.75 Å². The summed E-state index contributed by atoms with van der Waals surface area (Å²) in [6.45, 7) is 1.02. The average molecular weight is 274 g/mol. The van der Waals surface area contributed by atoms with Crippen molar-refractivity contribution in [1.29, 1.82) is 0 Å². The molecule has 2 rings (SSSR count). The molecule has 0 aromatic heterocycles. The molecule has 1 atom stereocenters. The molecule has 0 saturated carbocycles. The summed E-state index contributed by atoms with van der Waals surface area (Å²) in [4.78, 5) is 0. The number of phenolic OH excluding ortho intramolecular Hbond substituents is 1. The minimum atomic E-state index is -0.319. The van der Waals surface area contributed by atoms with Crippen LogP contribution in [0.15, 0.2) is 16.6 Å². The molecule has 4 heteroatoms. The van der Waals surface area contributed by atoms with Crippen molar-refractivity contribution < 1.29 is 9.50 Å². The van der Waals surface area contributed by atoms with Crippen LogP contribution in [0.5, 0.6) is 5.75 Å². The van der Waals surface area contributed by atoms with Crippen LogP contribution in [0.3, 0.4) is 0 Å². The Bertz CT molecular complexity index is 364. The van der Waals surface area contributed by atoms with E-state index in [9.17, 15) is 9.50 Å². The fourth-order valence-corrected chi connectivity index (χ4v) is 2.27. The molecular formula is C11H13BrFNO. The lowest BCUT2D eigenvalue weighted by atomic mass is 10.0. The Morgan fingerprint density at radius 2 is 2.33 bits per heavy atom. The first-order valence-electron chi connectivity index (χ1n) is 5.07. The van der Waals surface area contributed by atoms with Crippen molar-refractivity contribution in [2.75, 3.05) is 6.54 Å². The van der Waals surface area contributed by atoms with E-state index in [2.05, 4.69) is 21.2 Å². The van der Waals surface area contributed by atoms with Crippen molar-refractivity contribution in [3.63, 3.8) is 0 Å². The third-order valence-electron chi connectivity index (χ3n) is 2.75. The fourth-order valence-electron chi connectivity index (χ4n) is 1.94. The number of halogens is 2. The molecule has 0 bridgehead atoms. The lowest BCUT2D eigenvalue weighted by Crippen LogP contribution is -2.23. The van der Waals surface area contributed by atoms with Gasteiger partial charge >= 0.3 is 0 Å². The number of rotatable bonds is 2. The van der Waals surface area contributed by atoms with Crippen molar-refractivity contribution in [3.05, 3.63) is 28.0 Å². The number of aromatic hydroxyl groups is 1. The number of hydrogen-bond donors (Lipinski definition) is 2. The monoisotopic (exact) mass is 273 g/mol. The molecule has 1 aromatic rings. The quantitative estimate of drug-likeness (QED) is 0.868. The minimum Gasteiger partial charge on any atom is -0.508 e. The van der Waals surface area contributed by atoms with Crippen LogP contribution in [-0.4, -0.2) is 17.7 Å². The molecule has 82 valence electrons. The largest absolute Gasteiger partial charge is 0.508 e. The molecular weight excluding hydrogens is 261 g/mol. The van der Waals surface area contributed by atoms with E-state index in [1.54, 1.807) is 0 Å². The van der Waals surface area contributed by atoms with E-state index in [1.807, 2.05) is 0 Å². The highest BCUT2D eigenvalue weighted by Gasteiger charge is 2.17. The second kappa shape index (κ2) is 4.49. The molecule has 1 heterocycles. The van der Waals surface area contributed by atoms with Crippen LogP contribution >= 0.6 is 15.9 Å². The zero-order valence-electron chi connectivity index (χ0n) is 8.26. The number of hydrogen-bond acceptors (Lipinski definition) is 2. The number of benzene rings is 1. The lowest BCUT2D eigenvalue weighted by Gasteiger charge is -2.11. The van der Waals surface area contributed by atoms with E-state index in [0.717, 1.165) is 19.4 Å². The second-order valence-electron chi connectivity index (χ2n) is 3.89. The van der Waals surface area contributed by atoms with Gasteiger partial charge in [-0.1, -0.05) is 0 Å². The summed E-state index contributed by atoms with van der Waals surface area (Å²) in [5.74, 6) is -0.155. The number of nitrogens with one attached hydrogen (secondary N) is 1. The molecule has 0 radical (unpaired) electrons. The standard InChI is InChI=1S/C11H13BrFNO/c12-9-6-11(15)7(5-10(9)13)4-8-2-1-3-14-8/h5-6,8,14-15H,1-4H2. The SMILES string of the molecule is Oc1cc(Br)c(F)cc1CC1CCCN1. The van der Waals surface area contributed by atoms with Gasteiger partial charge < -0.3 is 10.4 Å². The van der Waals surface area contributed by atoms with Gasteiger partial charge in [0.2, 0.25) is 0 Å². The third-order valence-corrected chi connectivity index (χ3v) is 3.36. The van der Waals surface area contributed by atoms with Crippen LogP contribution in [-0.2, 0) is 6.42 Å². The van der Waals surface area contributed by atoms with Gasteiger partial charge in [-0.3, -0.25) is 0 Å². The van der Waals surface area contributed by atoms with Crippen molar-refractivity contribution >= 4 is 15.9 Å². The Morgan fingerprint density at radius 1 is 1.53 bits per heavy atom. The molecule has 15 heavy (non-hydrogen) atoms. The van der Waals surface area contributed by atoms with Gasteiger partial charge in [-0.2, -0.15) is 0 Å². The molecule has 2 nitrogen and oxygen atoms in total. The Kier molecular flexibility index (Phi) is 3.26. The minimum absolute atomic E-state index is 0.164. The predicted molar refractivity (Wildman–Crippen MR) is 60.5 cm³/mol. The average Bonchev–Trinajstić information content (AvgIpc) is 2.67. The van der Waals surface area contributed by atoms with E-state index < -0.39 is 0 Å². The van der Waals surface area contributed by atoms with Gasteiger partial charge in [-0.15, -0.1) is 0 Å². The van der Waals surface area contributed by atoms with Crippen molar-refractivity contribution in [2.45, 2.75) is 25.3 Å².